The molecule has 0 spiro atoms. The van der Waals surface area contributed by atoms with Crippen molar-refractivity contribution in [3.63, 3.8) is 0 Å². The molecule has 0 aliphatic rings. The fraction of sp³-hybridized carbons (Fsp3) is 0.222. The highest BCUT2D eigenvalue weighted by Gasteiger charge is 2.10. The van der Waals surface area contributed by atoms with Crippen LogP contribution < -0.4 is 16.4 Å². The van der Waals surface area contributed by atoms with Crippen LogP contribution in [0.2, 0.25) is 5.02 Å². The van der Waals surface area contributed by atoms with E-state index >= 15 is 0 Å². The van der Waals surface area contributed by atoms with Crippen LogP contribution >= 0.6 is 11.6 Å². The first-order valence-electron chi connectivity index (χ1n) is 7.65. The monoisotopic (exact) mass is 345 g/mol. The Hall–Kier alpha value is -2.53. The van der Waals surface area contributed by atoms with E-state index in [1.54, 1.807) is 12.1 Å². The zero-order valence-corrected chi connectivity index (χ0v) is 14.1. The van der Waals surface area contributed by atoms with E-state index in [-0.39, 0.29) is 11.9 Å². The summed E-state index contributed by atoms with van der Waals surface area (Å²) in [7, 11) is 0. The van der Waals surface area contributed by atoms with Gasteiger partial charge in [-0.05, 0) is 42.7 Å². The summed E-state index contributed by atoms with van der Waals surface area (Å²) in [4.78, 5) is 22.9. The van der Waals surface area contributed by atoms with Gasteiger partial charge in [0.15, 0.2) is 0 Å². The summed E-state index contributed by atoms with van der Waals surface area (Å²) in [5, 5.41) is 6.12. The van der Waals surface area contributed by atoms with E-state index in [0.717, 1.165) is 11.1 Å². The van der Waals surface area contributed by atoms with Crippen molar-refractivity contribution in [1.29, 1.82) is 0 Å². The highest BCUT2D eigenvalue weighted by Crippen LogP contribution is 2.18. The number of nitrogens with two attached hydrogens (primary N) is 1. The highest BCUT2D eigenvalue weighted by atomic mass is 35.5. The van der Waals surface area contributed by atoms with Gasteiger partial charge in [-0.1, -0.05) is 41.9 Å². The van der Waals surface area contributed by atoms with Gasteiger partial charge in [0.2, 0.25) is 5.91 Å². The number of benzene rings is 2. The molecule has 1 atom stereocenters. The van der Waals surface area contributed by atoms with E-state index in [0.29, 0.717) is 23.6 Å². The lowest BCUT2D eigenvalue weighted by Crippen LogP contribution is -2.26. The van der Waals surface area contributed by atoms with Crippen LogP contribution in [0.1, 0.15) is 30.5 Å². The Labute approximate surface area is 146 Å². The van der Waals surface area contributed by atoms with Crippen LogP contribution in [-0.4, -0.2) is 11.9 Å². The molecular formula is C18H20ClN3O2. The van der Waals surface area contributed by atoms with Crippen molar-refractivity contribution in [2.24, 2.45) is 5.73 Å². The summed E-state index contributed by atoms with van der Waals surface area (Å²) in [6, 6.07) is 13.9. The average molecular weight is 346 g/mol. The Kier molecular flexibility index (Phi) is 6.21. The van der Waals surface area contributed by atoms with Crippen molar-refractivity contribution < 1.29 is 9.59 Å². The van der Waals surface area contributed by atoms with Crippen molar-refractivity contribution in [3.05, 3.63) is 64.7 Å². The molecule has 0 fully saturated rings. The number of urea groups is 1. The van der Waals surface area contributed by atoms with Gasteiger partial charge in [0.25, 0.3) is 0 Å². The number of hydrogen-bond donors (Lipinski definition) is 3. The molecule has 0 heterocycles. The second-order valence-electron chi connectivity index (χ2n) is 5.49. The van der Waals surface area contributed by atoms with Crippen LogP contribution in [0, 0.1) is 0 Å². The van der Waals surface area contributed by atoms with Gasteiger partial charge in [0.05, 0.1) is 6.04 Å². The van der Waals surface area contributed by atoms with E-state index in [9.17, 15) is 9.59 Å². The number of rotatable bonds is 6. The summed E-state index contributed by atoms with van der Waals surface area (Å²) < 4.78 is 0. The zero-order chi connectivity index (χ0) is 17.5. The van der Waals surface area contributed by atoms with Crippen molar-refractivity contribution in [2.75, 3.05) is 5.32 Å². The smallest absolute Gasteiger partial charge is 0.316 e. The summed E-state index contributed by atoms with van der Waals surface area (Å²) in [6.45, 7) is 1.91. The second-order valence-corrected chi connectivity index (χ2v) is 5.90. The lowest BCUT2D eigenvalue weighted by atomic mass is 10.1. The molecule has 6 heteroatoms. The van der Waals surface area contributed by atoms with Gasteiger partial charge < -0.3 is 16.4 Å². The molecule has 24 heavy (non-hydrogen) atoms. The number of primary amides is 1. The highest BCUT2D eigenvalue weighted by molar-refractivity contribution is 6.31. The fourth-order valence-corrected chi connectivity index (χ4v) is 2.57. The Morgan fingerprint density at radius 2 is 1.79 bits per heavy atom. The van der Waals surface area contributed by atoms with Gasteiger partial charge in [0.1, 0.15) is 0 Å². The van der Waals surface area contributed by atoms with Crippen molar-refractivity contribution in [3.8, 4) is 0 Å². The number of amides is 3. The number of halogens is 1. The third-order valence-corrected chi connectivity index (χ3v) is 4.00. The standard InChI is InChI=1S/C18H20ClN3O2/c1-12(13-6-9-15(10-7-13)22-18(20)24)21-17(23)11-8-14-4-2-3-5-16(14)19/h2-7,9-10,12H,8,11H2,1H3,(H,21,23)(H3,20,22,24)/t12-/m1/s1. The second kappa shape index (κ2) is 8.36. The molecule has 0 unspecified atom stereocenters. The maximum absolute atomic E-state index is 12.1. The Bertz CT molecular complexity index is 716. The molecule has 0 radical (unpaired) electrons. The van der Waals surface area contributed by atoms with Crippen LogP contribution in [0.3, 0.4) is 0 Å². The summed E-state index contributed by atoms with van der Waals surface area (Å²) >= 11 is 6.09. The van der Waals surface area contributed by atoms with Gasteiger partial charge in [-0.2, -0.15) is 0 Å². The van der Waals surface area contributed by atoms with E-state index in [4.69, 9.17) is 17.3 Å². The lowest BCUT2D eigenvalue weighted by Gasteiger charge is -2.15. The Morgan fingerprint density at radius 3 is 2.42 bits per heavy atom. The quantitative estimate of drug-likeness (QED) is 0.746. The fourth-order valence-electron chi connectivity index (χ4n) is 2.34. The van der Waals surface area contributed by atoms with Gasteiger partial charge in [-0.25, -0.2) is 4.79 Å². The van der Waals surface area contributed by atoms with Crippen molar-refractivity contribution in [1.82, 2.24) is 5.32 Å². The van der Waals surface area contributed by atoms with Gasteiger partial charge in [-0.15, -0.1) is 0 Å². The van der Waals surface area contributed by atoms with Crippen molar-refractivity contribution in [2.45, 2.75) is 25.8 Å². The van der Waals surface area contributed by atoms with E-state index in [2.05, 4.69) is 10.6 Å². The lowest BCUT2D eigenvalue weighted by molar-refractivity contribution is -0.121. The number of anilines is 1. The summed E-state index contributed by atoms with van der Waals surface area (Å²) in [5.74, 6) is -0.0400. The zero-order valence-electron chi connectivity index (χ0n) is 13.4. The molecule has 2 aromatic carbocycles. The number of aryl methyl sites for hydroxylation is 1. The van der Waals surface area contributed by atoms with E-state index in [1.807, 2.05) is 43.3 Å². The molecule has 4 N–H and O–H groups in total. The first-order valence-corrected chi connectivity index (χ1v) is 8.02. The predicted octanol–water partition coefficient (Wildman–Crippen LogP) is 3.64. The molecule has 0 aromatic heterocycles. The first kappa shape index (κ1) is 17.8. The maximum Gasteiger partial charge on any atom is 0.316 e. The normalized spacial score (nSPS) is 11.6. The van der Waals surface area contributed by atoms with Crippen LogP contribution in [0.25, 0.3) is 0 Å². The Morgan fingerprint density at radius 1 is 1.12 bits per heavy atom. The van der Waals surface area contributed by atoms with Crippen LogP contribution in [0.4, 0.5) is 10.5 Å². The van der Waals surface area contributed by atoms with E-state index in [1.165, 1.54) is 0 Å². The number of carbonyl (C=O) groups excluding carboxylic acids is 2. The van der Waals surface area contributed by atoms with Crippen LogP contribution in [0.5, 0.6) is 0 Å². The van der Waals surface area contributed by atoms with Gasteiger partial charge in [-0.3, -0.25) is 4.79 Å². The molecule has 3 amide bonds. The molecule has 126 valence electrons. The number of hydrogen-bond acceptors (Lipinski definition) is 2. The van der Waals surface area contributed by atoms with Gasteiger partial charge >= 0.3 is 6.03 Å². The third-order valence-electron chi connectivity index (χ3n) is 3.63. The average Bonchev–Trinajstić information content (AvgIpc) is 2.54. The topological polar surface area (TPSA) is 84.2 Å². The van der Waals surface area contributed by atoms with Crippen molar-refractivity contribution >= 4 is 29.2 Å². The maximum atomic E-state index is 12.1. The third kappa shape index (κ3) is 5.28. The van der Waals surface area contributed by atoms with Crippen LogP contribution in [0.15, 0.2) is 48.5 Å². The summed E-state index contributed by atoms with van der Waals surface area (Å²) in [6.07, 6.45) is 0.967. The predicted molar refractivity (Wildman–Crippen MR) is 96.0 cm³/mol. The summed E-state index contributed by atoms with van der Waals surface area (Å²) in [5.41, 5.74) is 7.58. The minimum atomic E-state index is -0.608. The molecule has 0 bridgehead atoms. The SMILES string of the molecule is C[C@@H](NC(=O)CCc1ccccc1Cl)c1ccc(NC(N)=O)cc1. The minimum Gasteiger partial charge on any atom is -0.351 e. The largest absolute Gasteiger partial charge is 0.351 e. The molecular weight excluding hydrogens is 326 g/mol. The molecule has 0 aliphatic heterocycles. The first-order chi connectivity index (χ1) is 11.5. The van der Waals surface area contributed by atoms with Crippen LogP contribution in [-0.2, 0) is 11.2 Å². The molecule has 2 rings (SSSR count). The Balaban J connectivity index is 1.87. The van der Waals surface area contributed by atoms with E-state index < -0.39 is 6.03 Å². The molecule has 5 nitrogen and oxygen atoms in total. The molecule has 0 aliphatic carbocycles. The molecule has 0 saturated heterocycles. The van der Waals surface area contributed by atoms with Gasteiger partial charge in [0, 0.05) is 17.1 Å². The number of carbonyl (C=O) groups is 2. The molecule has 0 saturated carbocycles. The minimum absolute atomic E-state index is 0.0400. The number of nitrogens with one attached hydrogen (secondary N) is 2. The molecule has 2 aromatic rings.